The number of allylic oxidation sites excluding steroid dienone is 3. The number of hydrogen-bond acceptors (Lipinski definition) is 3. The second kappa shape index (κ2) is 10.7. The first-order valence-electron chi connectivity index (χ1n) is 13.3. The van der Waals surface area contributed by atoms with Crippen LogP contribution in [0.5, 0.6) is 0 Å². The van der Waals surface area contributed by atoms with Crippen LogP contribution in [0.3, 0.4) is 0 Å². The van der Waals surface area contributed by atoms with Gasteiger partial charge in [0.05, 0.1) is 12.2 Å². The van der Waals surface area contributed by atoms with Crippen molar-refractivity contribution in [2.45, 2.75) is 110 Å². The molecule has 6 atom stereocenters. The van der Waals surface area contributed by atoms with Crippen LogP contribution in [0.2, 0.25) is 18.1 Å². The van der Waals surface area contributed by atoms with Gasteiger partial charge in [-0.1, -0.05) is 64.5 Å². The highest BCUT2D eigenvalue weighted by atomic mass is 28.4. The molecule has 32 heavy (non-hydrogen) atoms. The van der Waals surface area contributed by atoms with Crippen molar-refractivity contribution >= 4 is 8.32 Å². The van der Waals surface area contributed by atoms with Gasteiger partial charge in [-0.2, -0.15) is 0 Å². The lowest BCUT2D eigenvalue weighted by atomic mass is 9.61. The molecular weight excluding hydrogens is 412 g/mol. The van der Waals surface area contributed by atoms with Crippen LogP contribution in [-0.4, -0.2) is 37.3 Å². The Morgan fingerprint density at radius 3 is 2.31 bits per heavy atom. The van der Waals surface area contributed by atoms with E-state index in [1.54, 1.807) is 5.57 Å². The molecule has 3 nitrogen and oxygen atoms in total. The van der Waals surface area contributed by atoms with Crippen molar-refractivity contribution in [1.29, 1.82) is 0 Å². The molecule has 2 N–H and O–H groups in total. The lowest BCUT2D eigenvalue weighted by molar-refractivity contribution is 0.0721. The van der Waals surface area contributed by atoms with Crippen molar-refractivity contribution in [2.24, 2.45) is 23.2 Å². The molecule has 0 aromatic carbocycles. The molecule has 3 fully saturated rings. The fourth-order valence-corrected chi connectivity index (χ4v) is 9.85. The van der Waals surface area contributed by atoms with Crippen LogP contribution in [0, 0.1) is 23.2 Å². The van der Waals surface area contributed by atoms with Gasteiger partial charge in [0.15, 0.2) is 8.32 Å². The van der Waals surface area contributed by atoms with E-state index in [4.69, 9.17) is 4.43 Å². The fraction of sp³-hybridized carbons (Fsp3) is 0.786. The molecule has 3 saturated carbocycles. The molecule has 3 rings (SSSR count). The third-order valence-corrected chi connectivity index (χ3v) is 14.3. The average molecular weight is 461 g/mol. The van der Waals surface area contributed by atoms with Gasteiger partial charge < -0.3 is 14.6 Å². The Bertz CT molecular complexity index is 698. The molecule has 3 aliphatic carbocycles. The summed E-state index contributed by atoms with van der Waals surface area (Å²) in [5, 5.41) is 20.3. The zero-order chi connectivity index (χ0) is 23.5. The summed E-state index contributed by atoms with van der Waals surface area (Å²) < 4.78 is 6.72. The predicted octanol–water partition coefficient (Wildman–Crippen LogP) is 6.79. The largest absolute Gasteiger partial charge is 0.417 e. The first kappa shape index (κ1) is 25.9. The van der Waals surface area contributed by atoms with Crippen LogP contribution in [0.1, 0.15) is 79.6 Å². The Hall–Kier alpha value is -0.683. The Balaban J connectivity index is 1.70. The normalized spacial score (nSPS) is 35.8. The summed E-state index contributed by atoms with van der Waals surface area (Å²) in [5.41, 5.74) is 3.68. The number of fused-ring (bicyclic) bond motifs is 1. The van der Waals surface area contributed by atoms with E-state index in [9.17, 15) is 10.2 Å². The molecule has 0 aromatic rings. The smallest absolute Gasteiger partial charge is 0.191 e. The number of hydrogen-bond donors (Lipinski definition) is 2. The third kappa shape index (κ3) is 5.19. The fourth-order valence-electron chi connectivity index (χ4n) is 7.12. The van der Waals surface area contributed by atoms with Crippen molar-refractivity contribution in [3.8, 4) is 0 Å². The molecule has 0 aliphatic heterocycles. The Labute approximate surface area is 198 Å². The first-order chi connectivity index (χ1) is 15.2. The maximum absolute atomic E-state index is 10.2. The Morgan fingerprint density at radius 1 is 1.09 bits per heavy atom. The molecule has 182 valence electrons. The molecular formula is C28H48O3Si. The van der Waals surface area contributed by atoms with E-state index in [0.717, 1.165) is 18.1 Å². The number of rotatable bonds is 8. The highest BCUT2D eigenvalue weighted by Crippen LogP contribution is 2.59. The highest BCUT2D eigenvalue weighted by molar-refractivity contribution is 6.73. The predicted molar refractivity (Wildman–Crippen MR) is 137 cm³/mol. The average Bonchev–Trinajstić information content (AvgIpc) is 3.14. The van der Waals surface area contributed by atoms with Crippen LogP contribution < -0.4 is 0 Å². The van der Waals surface area contributed by atoms with E-state index in [1.807, 2.05) is 0 Å². The van der Waals surface area contributed by atoms with Crippen molar-refractivity contribution in [3.63, 3.8) is 0 Å². The molecule has 1 unspecified atom stereocenters. The molecule has 0 bridgehead atoms. The SMILES string of the molecule is C=C1[C@H](O)CC(=C/C=C2\CCC[C@]3(C)[C@@H](C(C)CO[Si](CC)(CC)CC)CC[C@@H]23)C[C@H]1O. The summed E-state index contributed by atoms with van der Waals surface area (Å²) in [7, 11) is -1.53. The number of aliphatic hydroxyl groups is 2. The van der Waals surface area contributed by atoms with Crippen LogP contribution >= 0.6 is 0 Å². The lowest BCUT2D eigenvalue weighted by Crippen LogP contribution is -2.41. The van der Waals surface area contributed by atoms with Gasteiger partial charge in [-0.3, -0.25) is 0 Å². The number of aliphatic hydroxyl groups excluding tert-OH is 2. The van der Waals surface area contributed by atoms with E-state index in [2.05, 4.69) is 53.3 Å². The standard InChI is InChI=1S/C28H48O3Si/c1-7-32(8-2,9-3)31-19-20(4)24-14-15-25-23(11-10-16-28(24,25)6)13-12-22-17-26(29)21(5)27(30)18-22/h12-13,20,24-27,29-30H,5,7-11,14-19H2,1-4,6H3/b23-13+/t20?,24-,25+,26-,27-,28-/m1/s1. The summed E-state index contributed by atoms with van der Waals surface area (Å²) in [6.07, 6.45) is 10.9. The van der Waals surface area contributed by atoms with E-state index in [1.165, 1.54) is 50.2 Å². The second-order valence-corrected chi connectivity index (χ2v) is 16.0. The van der Waals surface area contributed by atoms with Crippen LogP contribution in [0.25, 0.3) is 0 Å². The third-order valence-electron chi connectivity index (χ3n) is 9.61. The van der Waals surface area contributed by atoms with Crippen LogP contribution in [0.4, 0.5) is 0 Å². The Morgan fingerprint density at radius 2 is 1.72 bits per heavy atom. The van der Waals surface area contributed by atoms with Gasteiger partial charge in [-0.15, -0.1) is 0 Å². The lowest BCUT2D eigenvalue weighted by Gasteiger charge is -2.45. The summed E-state index contributed by atoms with van der Waals surface area (Å²) in [6, 6.07) is 3.70. The monoisotopic (exact) mass is 460 g/mol. The summed E-state index contributed by atoms with van der Waals surface area (Å²) >= 11 is 0. The minimum absolute atomic E-state index is 0.375. The molecule has 0 radical (unpaired) electrons. The van der Waals surface area contributed by atoms with E-state index < -0.39 is 20.5 Å². The van der Waals surface area contributed by atoms with Gasteiger partial charge >= 0.3 is 0 Å². The van der Waals surface area contributed by atoms with Gasteiger partial charge in [0.2, 0.25) is 0 Å². The molecule has 0 saturated heterocycles. The summed E-state index contributed by atoms with van der Waals surface area (Å²) in [6.45, 7) is 16.7. The molecule has 3 aliphatic rings. The Kier molecular flexibility index (Phi) is 8.68. The summed E-state index contributed by atoms with van der Waals surface area (Å²) in [5.74, 6) is 2.02. The minimum atomic E-state index is -1.53. The van der Waals surface area contributed by atoms with Gasteiger partial charge in [0.25, 0.3) is 0 Å². The zero-order valence-electron chi connectivity index (χ0n) is 21.3. The molecule has 0 amide bonds. The summed E-state index contributed by atoms with van der Waals surface area (Å²) in [4.78, 5) is 0. The highest BCUT2D eigenvalue weighted by Gasteiger charge is 2.50. The molecule has 4 heteroatoms. The topological polar surface area (TPSA) is 49.7 Å². The van der Waals surface area contributed by atoms with Crippen molar-refractivity contribution < 1.29 is 14.6 Å². The van der Waals surface area contributed by atoms with E-state index >= 15 is 0 Å². The first-order valence-corrected chi connectivity index (χ1v) is 15.8. The van der Waals surface area contributed by atoms with E-state index in [0.29, 0.717) is 35.7 Å². The van der Waals surface area contributed by atoms with Crippen molar-refractivity contribution in [2.75, 3.05) is 6.61 Å². The second-order valence-electron chi connectivity index (χ2n) is 11.2. The molecule has 0 aromatic heterocycles. The van der Waals surface area contributed by atoms with Gasteiger partial charge in [-0.25, -0.2) is 0 Å². The molecule has 0 heterocycles. The maximum Gasteiger partial charge on any atom is 0.191 e. The zero-order valence-corrected chi connectivity index (χ0v) is 22.3. The maximum atomic E-state index is 10.2. The van der Waals surface area contributed by atoms with Crippen molar-refractivity contribution in [3.05, 3.63) is 35.5 Å². The van der Waals surface area contributed by atoms with Crippen LogP contribution in [-0.2, 0) is 4.43 Å². The van der Waals surface area contributed by atoms with Crippen molar-refractivity contribution in [1.82, 2.24) is 0 Å². The van der Waals surface area contributed by atoms with Gasteiger partial charge in [-0.05, 0) is 91.8 Å². The van der Waals surface area contributed by atoms with Gasteiger partial charge in [0, 0.05) is 6.61 Å². The van der Waals surface area contributed by atoms with Gasteiger partial charge in [0.1, 0.15) is 0 Å². The quantitative estimate of drug-likeness (QED) is 0.310. The molecule has 0 spiro atoms. The minimum Gasteiger partial charge on any atom is -0.417 e. The van der Waals surface area contributed by atoms with E-state index in [-0.39, 0.29) is 0 Å². The van der Waals surface area contributed by atoms with Crippen LogP contribution in [0.15, 0.2) is 35.5 Å².